The van der Waals surface area contributed by atoms with E-state index in [0.717, 1.165) is 0 Å². The summed E-state index contributed by atoms with van der Waals surface area (Å²) >= 11 is 0. The van der Waals surface area contributed by atoms with Crippen LogP contribution < -0.4 is 0 Å². The maximum absolute atomic E-state index is 13.8. The number of ether oxygens (including phenoxy) is 5. The molecule has 3 fully saturated rings. The molecule has 3 aromatic rings. The second-order valence-corrected chi connectivity index (χ2v) is 13.7. The summed E-state index contributed by atoms with van der Waals surface area (Å²) < 4.78 is 31.6. The van der Waals surface area contributed by atoms with Crippen molar-refractivity contribution in [1.82, 2.24) is 4.98 Å². The Bertz CT molecular complexity index is 1690. The van der Waals surface area contributed by atoms with E-state index < -0.39 is 76.4 Å². The minimum Gasteiger partial charge on any atom is -0.458 e. The monoisotopic (exact) mass is 657 g/mol. The quantitative estimate of drug-likeness (QED) is 0.278. The van der Waals surface area contributed by atoms with Gasteiger partial charge in [-0.25, -0.2) is 14.4 Å². The lowest BCUT2D eigenvalue weighted by molar-refractivity contribution is -0.341. The highest BCUT2D eigenvalue weighted by molar-refractivity contribution is 5.91. The van der Waals surface area contributed by atoms with Gasteiger partial charge in [0.15, 0.2) is 6.10 Å². The molecule has 0 radical (unpaired) electrons. The highest BCUT2D eigenvalue weighted by atomic mass is 16.6. The standard InChI is InChI=1S/C37H39NO10/c1-22(39)44-27-20-35(4,43)37-29(46-33(42)25-17-12-18-38-21-25)26(34(2,3)48-37)19-28(45-31(40)23-13-8-6-9-14-23)36(37,5)30(27)47-32(41)24-15-10-7-11-16-24/h6-18,21,26-30,43H,19-20H2,1-5H3/t26-,27-,28+,29-,30+,35+,36-,37+/m1/s1. The van der Waals surface area contributed by atoms with Crippen molar-refractivity contribution in [2.24, 2.45) is 11.3 Å². The van der Waals surface area contributed by atoms with Gasteiger partial charge in [0, 0.05) is 31.7 Å². The molecule has 0 unspecified atom stereocenters. The highest BCUT2D eigenvalue weighted by Crippen LogP contribution is 2.69. The third kappa shape index (κ3) is 5.35. The van der Waals surface area contributed by atoms with Gasteiger partial charge in [-0.1, -0.05) is 36.4 Å². The van der Waals surface area contributed by atoms with Crippen molar-refractivity contribution in [3.63, 3.8) is 0 Å². The zero-order valence-corrected chi connectivity index (χ0v) is 27.5. The molecule has 2 heterocycles. The SMILES string of the molecule is CC(=O)O[C@@H]1C[C@](C)(O)[C@]23OC(C)(C)[C@H](C[C@H](OC(=O)c4ccccc4)[C@]2(C)[C@H]1OC(=O)c1ccccc1)[C@H]3OC(=O)c1cccnc1. The number of hydrogen-bond donors (Lipinski definition) is 1. The van der Waals surface area contributed by atoms with E-state index in [9.17, 15) is 24.3 Å². The summed E-state index contributed by atoms with van der Waals surface area (Å²) in [6.45, 7) is 8.04. The molecule has 2 bridgehead atoms. The number of hydrogen-bond acceptors (Lipinski definition) is 11. The van der Waals surface area contributed by atoms with Crippen LogP contribution in [0.5, 0.6) is 0 Å². The average Bonchev–Trinajstić information content (AvgIpc) is 3.24. The van der Waals surface area contributed by atoms with Crippen LogP contribution in [-0.4, -0.2) is 75.2 Å². The van der Waals surface area contributed by atoms with Gasteiger partial charge in [-0.15, -0.1) is 0 Å². The van der Waals surface area contributed by atoms with Crippen molar-refractivity contribution >= 4 is 23.9 Å². The van der Waals surface area contributed by atoms with E-state index in [1.807, 2.05) is 13.8 Å². The van der Waals surface area contributed by atoms with Gasteiger partial charge in [-0.2, -0.15) is 0 Å². The van der Waals surface area contributed by atoms with Crippen LogP contribution in [0.15, 0.2) is 85.2 Å². The third-order valence-electron chi connectivity index (χ3n) is 10.3. The van der Waals surface area contributed by atoms with Gasteiger partial charge in [-0.3, -0.25) is 9.78 Å². The van der Waals surface area contributed by atoms with Crippen molar-refractivity contribution in [1.29, 1.82) is 0 Å². The molecule has 1 N–H and O–H groups in total. The summed E-state index contributed by atoms with van der Waals surface area (Å²) in [7, 11) is 0. The molecular formula is C37H39NO10. The predicted octanol–water partition coefficient (Wildman–Crippen LogP) is 4.72. The minimum absolute atomic E-state index is 0.0943. The Morgan fingerprint density at radius 1 is 0.750 bits per heavy atom. The van der Waals surface area contributed by atoms with E-state index in [-0.39, 0.29) is 29.5 Å². The molecule has 6 rings (SSSR count). The van der Waals surface area contributed by atoms with Crippen LogP contribution in [0.25, 0.3) is 0 Å². The van der Waals surface area contributed by atoms with E-state index in [4.69, 9.17) is 23.7 Å². The summed E-state index contributed by atoms with van der Waals surface area (Å²) in [6, 6.07) is 19.9. The second-order valence-electron chi connectivity index (χ2n) is 13.7. The van der Waals surface area contributed by atoms with Gasteiger partial charge < -0.3 is 28.8 Å². The molecule has 0 amide bonds. The van der Waals surface area contributed by atoms with E-state index >= 15 is 0 Å². The van der Waals surface area contributed by atoms with Crippen LogP contribution in [0.1, 0.15) is 78.5 Å². The number of rotatable bonds is 7. The Labute approximate surface area is 278 Å². The van der Waals surface area contributed by atoms with Gasteiger partial charge in [0.1, 0.15) is 23.9 Å². The lowest BCUT2D eigenvalue weighted by atomic mass is 9.47. The van der Waals surface area contributed by atoms with E-state index in [0.29, 0.717) is 0 Å². The predicted molar refractivity (Wildman–Crippen MR) is 170 cm³/mol. The van der Waals surface area contributed by atoms with Gasteiger partial charge in [0.05, 0.1) is 33.3 Å². The molecule has 1 aliphatic heterocycles. The summed E-state index contributed by atoms with van der Waals surface area (Å²) in [4.78, 5) is 57.8. The summed E-state index contributed by atoms with van der Waals surface area (Å²) in [5.41, 5.74) is -5.73. The molecule has 11 heteroatoms. The number of benzene rings is 2. The molecule has 1 aromatic heterocycles. The Balaban J connectivity index is 1.54. The van der Waals surface area contributed by atoms with Crippen molar-refractivity contribution in [2.45, 2.75) is 88.7 Å². The number of pyridine rings is 1. The van der Waals surface area contributed by atoms with Crippen molar-refractivity contribution in [2.75, 3.05) is 0 Å². The fourth-order valence-electron chi connectivity index (χ4n) is 8.21. The first-order chi connectivity index (χ1) is 22.7. The number of carbonyl (C=O) groups is 4. The van der Waals surface area contributed by atoms with Crippen LogP contribution in [0.3, 0.4) is 0 Å². The van der Waals surface area contributed by atoms with Crippen LogP contribution in [0, 0.1) is 11.3 Å². The van der Waals surface area contributed by atoms with E-state index in [2.05, 4.69) is 4.98 Å². The highest BCUT2D eigenvalue weighted by Gasteiger charge is 2.84. The molecule has 48 heavy (non-hydrogen) atoms. The fraction of sp³-hybridized carbons (Fsp3) is 0.432. The van der Waals surface area contributed by atoms with Crippen LogP contribution >= 0.6 is 0 Å². The molecule has 1 spiro atoms. The number of esters is 4. The first-order valence-corrected chi connectivity index (χ1v) is 15.9. The molecule has 3 aliphatic rings. The molecular weight excluding hydrogens is 618 g/mol. The van der Waals surface area contributed by atoms with Crippen molar-refractivity contribution < 1.29 is 48.0 Å². The molecule has 252 valence electrons. The van der Waals surface area contributed by atoms with Crippen LogP contribution in [-0.2, 0) is 28.5 Å². The zero-order valence-electron chi connectivity index (χ0n) is 27.5. The minimum atomic E-state index is -1.89. The largest absolute Gasteiger partial charge is 0.458 e. The topological polar surface area (TPSA) is 148 Å². The van der Waals surface area contributed by atoms with Crippen molar-refractivity contribution in [3.8, 4) is 0 Å². The Hall–Kier alpha value is -4.61. The molecule has 2 saturated carbocycles. The molecule has 11 nitrogen and oxygen atoms in total. The van der Waals surface area contributed by atoms with E-state index in [1.54, 1.807) is 79.7 Å². The number of fused-ring (bicyclic) bond motifs is 1. The summed E-state index contributed by atoms with van der Waals surface area (Å²) in [5, 5.41) is 12.6. The van der Waals surface area contributed by atoms with Gasteiger partial charge in [0.25, 0.3) is 0 Å². The molecule has 8 atom stereocenters. The first-order valence-electron chi connectivity index (χ1n) is 15.9. The lowest BCUT2D eigenvalue weighted by Crippen LogP contribution is -2.81. The maximum atomic E-state index is 13.8. The third-order valence-corrected chi connectivity index (χ3v) is 10.3. The van der Waals surface area contributed by atoms with Gasteiger partial charge in [0.2, 0.25) is 0 Å². The normalized spacial score (nSPS) is 33.1. The van der Waals surface area contributed by atoms with Crippen LogP contribution in [0.4, 0.5) is 0 Å². The van der Waals surface area contributed by atoms with E-state index in [1.165, 1.54) is 26.2 Å². The first kappa shape index (κ1) is 33.3. The number of aromatic nitrogens is 1. The Morgan fingerprint density at radius 3 is 1.85 bits per heavy atom. The molecule has 2 aromatic carbocycles. The fourth-order valence-corrected chi connectivity index (χ4v) is 8.21. The second kappa shape index (κ2) is 12.1. The number of carbonyl (C=O) groups excluding carboxylic acids is 4. The smallest absolute Gasteiger partial charge is 0.340 e. The van der Waals surface area contributed by atoms with Gasteiger partial charge in [-0.05, 0) is 70.5 Å². The van der Waals surface area contributed by atoms with Crippen LogP contribution in [0.2, 0.25) is 0 Å². The number of aliphatic hydroxyl groups is 1. The van der Waals surface area contributed by atoms with Gasteiger partial charge >= 0.3 is 23.9 Å². The molecule has 1 saturated heterocycles. The zero-order chi connectivity index (χ0) is 34.5. The lowest BCUT2D eigenvalue weighted by Gasteiger charge is -2.65. The molecule has 2 aliphatic carbocycles. The summed E-state index contributed by atoms with van der Waals surface area (Å²) in [5.74, 6) is -3.34. The average molecular weight is 658 g/mol. The maximum Gasteiger partial charge on any atom is 0.340 e. The summed E-state index contributed by atoms with van der Waals surface area (Å²) in [6.07, 6.45) is -1.99. The Morgan fingerprint density at radius 2 is 1.29 bits per heavy atom. The van der Waals surface area contributed by atoms with Crippen molar-refractivity contribution in [3.05, 3.63) is 102 Å². The Kier molecular flexibility index (Phi) is 8.41. The number of nitrogens with zero attached hydrogens (tertiary/aromatic N) is 1.